The summed E-state index contributed by atoms with van der Waals surface area (Å²) in [5, 5.41) is 9.39. The molecule has 0 aliphatic heterocycles. The number of methoxy groups -OCH3 is 1. The van der Waals surface area contributed by atoms with Crippen LogP contribution in [0.4, 0.5) is 11.4 Å². The smallest absolute Gasteiger partial charge is 0.291 e. The second kappa shape index (κ2) is 8.54. The van der Waals surface area contributed by atoms with Crippen LogP contribution < -0.4 is 20.7 Å². The van der Waals surface area contributed by atoms with Gasteiger partial charge in [-0.25, -0.2) is 0 Å². The number of hydrogen-bond acceptors (Lipinski definition) is 5. The van der Waals surface area contributed by atoms with E-state index in [9.17, 15) is 9.59 Å². The number of amides is 2. The topological polar surface area (TPSA) is 92.6 Å². The molecule has 3 N–H and O–H groups in total. The molecular formula is C22H23N3O4S. The van der Waals surface area contributed by atoms with Crippen LogP contribution in [0.5, 0.6) is 5.75 Å². The zero-order chi connectivity index (χ0) is 21.9. The van der Waals surface area contributed by atoms with E-state index in [1.165, 1.54) is 7.11 Å². The number of furan rings is 1. The Balaban J connectivity index is 1.71. The first-order valence-corrected chi connectivity index (χ1v) is 9.68. The van der Waals surface area contributed by atoms with Gasteiger partial charge >= 0.3 is 0 Å². The van der Waals surface area contributed by atoms with Gasteiger partial charge in [-0.2, -0.15) is 0 Å². The molecule has 0 unspecified atom stereocenters. The largest absolute Gasteiger partial charge is 0.494 e. The van der Waals surface area contributed by atoms with Gasteiger partial charge in [-0.15, -0.1) is 0 Å². The molecule has 3 aromatic rings. The predicted molar refractivity (Wildman–Crippen MR) is 121 cm³/mol. The zero-order valence-electron chi connectivity index (χ0n) is 17.2. The van der Waals surface area contributed by atoms with E-state index in [0.29, 0.717) is 22.7 Å². The van der Waals surface area contributed by atoms with Crippen molar-refractivity contribution in [1.82, 2.24) is 5.32 Å². The molecule has 1 aromatic heterocycles. The fourth-order valence-electron chi connectivity index (χ4n) is 2.60. The number of nitrogens with one attached hydrogen (secondary N) is 3. The Morgan fingerprint density at radius 2 is 1.77 bits per heavy atom. The first-order chi connectivity index (χ1) is 14.2. The maximum atomic E-state index is 12.6. The predicted octanol–water partition coefficient (Wildman–Crippen LogP) is 4.55. The molecule has 0 fully saturated rings. The van der Waals surface area contributed by atoms with Gasteiger partial charge < -0.3 is 25.1 Å². The number of thiocarbonyl (C=S) groups is 1. The van der Waals surface area contributed by atoms with Crippen LogP contribution in [0.3, 0.4) is 0 Å². The molecule has 2 amide bonds. The first kappa shape index (κ1) is 21.3. The molecule has 0 atom stereocenters. The molecule has 30 heavy (non-hydrogen) atoms. The Labute approximate surface area is 179 Å². The highest BCUT2D eigenvalue weighted by molar-refractivity contribution is 7.80. The molecule has 7 nitrogen and oxygen atoms in total. The number of carbonyl (C=O) groups excluding carboxylic acids is 2. The molecule has 156 valence electrons. The minimum atomic E-state index is -0.561. The minimum Gasteiger partial charge on any atom is -0.494 e. The van der Waals surface area contributed by atoms with Crippen LogP contribution in [0.15, 0.2) is 52.9 Å². The summed E-state index contributed by atoms with van der Waals surface area (Å²) in [6.07, 6.45) is 0. The van der Waals surface area contributed by atoms with Crippen molar-refractivity contribution in [1.29, 1.82) is 0 Å². The van der Waals surface area contributed by atoms with Crippen molar-refractivity contribution in [2.75, 3.05) is 17.7 Å². The number of carbonyl (C=O) groups is 2. The summed E-state index contributed by atoms with van der Waals surface area (Å²) in [5.41, 5.74) is 1.15. The van der Waals surface area contributed by atoms with Gasteiger partial charge in [0.2, 0.25) is 5.91 Å². The monoisotopic (exact) mass is 425 g/mol. The van der Waals surface area contributed by atoms with Crippen LogP contribution >= 0.6 is 12.2 Å². The van der Waals surface area contributed by atoms with Crippen LogP contribution in [0, 0.1) is 5.41 Å². The zero-order valence-corrected chi connectivity index (χ0v) is 18.0. The number of rotatable bonds is 4. The van der Waals surface area contributed by atoms with E-state index in [2.05, 4.69) is 16.0 Å². The van der Waals surface area contributed by atoms with Gasteiger partial charge in [0.15, 0.2) is 10.9 Å². The van der Waals surface area contributed by atoms with E-state index in [4.69, 9.17) is 21.4 Å². The summed E-state index contributed by atoms with van der Waals surface area (Å²) in [6.45, 7) is 5.40. The lowest BCUT2D eigenvalue weighted by molar-refractivity contribution is -0.126. The summed E-state index contributed by atoms with van der Waals surface area (Å²) in [6, 6.07) is 14.1. The van der Waals surface area contributed by atoms with Crippen LogP contribution in [0.1, 0.15) is 31.3 Å². The fraction of sp³-hybridized carbons (Fsp3) is 0.227. The third-order valence-electron chi connectivity index (χ3n) is 4.27. The van der Waals surface area contributed by atoms with Crippen LogP contribution in [0.25, 0.3) is 11.0 Å². The number of benzene rings is 2. The molecule has 0 bridgehead atoms. The van der Waals surface area contributed by atoms with Gasteiger partial charge in [-0.05, 0) is 36.5 Å². The molecule has 2 aromatic carbocycles. The van der Waals surface area contributed by atoms with Gasteiger partial charge in [0.25, 0.3) is 5.91 Å². The van der Waals surface area contributed by atoms with E-state index in [-0.39, 0.29) is 16.8 Å². The van der Waals surface area contributed by atoms with Crippen molar-refractivity contribution in [2.45, 2.75) is 20.8 Å². The lowest BCUT2D eigenvalue weighted by Gasteiger charge is -2.19. The molecular weight excluding hydrogens is 402 g/mol. The summed E-state index contributed by atoms with van der Waals surface area (Å²) < 4.78 is 11.0. The quantitative estimate of drug-likeness (QED) is 0.531. The van der Waals surface area contributed by atoms with Gasteiger partial charge in [0, 0.05) is 22.6 Å². The van der Waals surface area contributed by atoms with Crippen LogP contribution in [0.2, 0.25) is 0 Å². The highest BCUT2D eigenvalue weighted by Gasteiger charge is 2.22. The number of ether oxygens (including phenoxy) is 1. The summed E-state index contributed by atoms with van der Waals surface area (Å²) in [7, 11) is 1.50. The van der Waals surface area contributed by atoms with E-state index in [1.807, 2.05) is 18.2 Å². The van der Waals surface area contributed by atoms with Gasteiger partial charge in [-0.3, -0.25) is 9.59 Å². The maximum absolute atomic E-state index is 12.6. The Hall–Kier alpha value is -3.39. The lowest BCUT2D eigenvalue weighted by atomic mass is 9.96. The Kier molecular flexibility index (Phi) is 6.07. The van der Waals surface area contributed by atoms with E-state index >= 15 is 0 Å². The Morgan fingerprint density at radius 1 is 1.03 bits per heavy atom. The van der Waals surface area contributed by atoms with Gasteiger partial charge in [0.1, 0.15) is 11.3 Å². The van der Waals surface area contributed by atoms with Crippen LogP contribution in [-0.4, -0.2) is 24.0 Å². The summed E-state index contributed by atoms with van der Waals surface area (Å²) in [4.78, 5) is 24.6. The van der Waals surface area contributed by atoms with Gasteiger partial charge in [0.05, 0.1) is 12.8 Å². The average molecular weight is 426 g/mol. The Morgan fingerprint density at radius 3 is 2.43 bits per heavy atom. The molecule has 0 saturated heterocycles. The van der Waals surface area contributed by atoms with E-state index < -0.39 is 11.3 Å². The van der Waals surface area contributed by atoms with Crippen molar-refractivity contribution >= 4 is 51.5 Å². The van der Waals surface area contributed by atoms with E-state index in [0.717, 1.165) is 5.39 Å². The molecule has 0 aliphatic rings. The highest BCUT2D eigenvalue weighted by Crippen LogP contribution is 2.29. The van der Waals surface area contributed by atoms with Crippen molar-refractivity contribution < 1.29 is 18.7 Å². The van der Waals surface area contributed by atoms with Gasteiger partial charge in [-0.1, -0.05) is 39.0 Å². The van der Waals surface area contributed by atoms with Crippen molar-refractivity contribution in [3.63, 3.8) is 0 Å². The highest BCUT2D eigenvalue weighted by atomic mass is 32.1. The third kappa shape index (κ3) is 4.96. The summed E-state index contributed by atoms with van der Waals surface area (Å²) >= 11 is 5.19. The number of hydrogen-bond donors (Lipinski definition) is 3. The molecule has 1 heterocycles. The minimum absolute atomic E-state index is 0.177. The lowest BCUT2D eigenvalue weighted by Crippen LogP contribution is -2.41. The fourth-order valence-corrected chi connectivity index (χ4v) is 2.81. The average Bonchev–Trinajstić information content (AvgIpc) is 3.12. The second-order valence-corrected chi connectivity index (χ2v) is 8.08. The maximum Gasteiger partial charge on any atom is 0.291 e. The number of anilines is 2. The normalized spacial score (nSPS) is 11.1. The summed E-state index contributed by atoms with van der Waals surface area (Å²) in [5.74, 6) is 0.0424. The molecule has 3 rings (SSSR count). The standard InChI is InChI=1S/C22H23N3O4S/c1-22(2,3)20(27)25-21(30)23-14-9-10-15(17(12-14)28-4)24-19(26)18-11-13-7-5-6-8-16(13)29-18/h5-12H,1-4H3,(H,24,26)(H2,23,25,27,30). The molecule has 0 saturated carbocycles. The van der Waals surface area contributed by atoms with Crippen molar-refractivity contribution in [3.8, 4) is 5.75 Å². The van der Waals surface area contributed by atoms with E-state index in [1.54, 1.807) is 51.1 Å². The molecule has 0 radical (unpaired) electrons. The van der Waals surface area contributed by atoms with Crippen molar-refractivity contribution in [3.05, 3.63) is 54.3 Å². The molecule has 0 aliphatic carbocycles. The second-order valence-electron chi connectivity index (χ2n) is 7.68. The number of fused-ring (bicyclic) bond motifs is 1. The molecule has 0 spiro atoms. The molecule has 8 heteroatoms. The van der Waals surface area contributed by atoms with Crippen molar-refractivity contribution in [2.24, 2.45) is 5.41 Å². The van der Waals surface area contributed by atoms with Crippen LogP contribution in [-0.2, 0) is 4.79 Å². The number of para-hydroxylation sites is 1. The first-order valence-electron chi connectivity index (χ1n) is 9.28. The SMILES string of the molecule is COc1cc(NC(=S)NC(=O)C(C)(C)C)ccc1NC(=O)c1cc2ccccc2o1. The third-order valence-corrected chi connectivity index (χ3v) is 4.47. The Bertz CT molecular complexity index is 1080.